The van der Waals surface area contributed by atoms with Crippen LogP contribution in [-0.4, -0.2) is 40.0 Å². The number of nitrogens with zero attached hydrogens (tertiary/aromatic N) is 3. The van der Waals surface area contributed by atoms with Crippen LogP contribution in [0, 0.1) is 23.4 Å². The summed E-state index contributed by atoms with van der Waals surface area (Å²) in [4.78, 5) is 30.4. The lowest BCUT2D eigenvalue weighted by atomic mass is 9.96. The molecule has 0 unspecified atom stereocenters. The summed E-state index contributed by atoms with van der Waals surface area (Å²) in [5.74, 6) is -2.76. The van der Waals surface area contributed by atoms with Gasteiger partial charge in [0.25, 0.3) is 11.8 Å². The molecule has 0 bridgehead atoms. The molecule has 4 rings (SSSR count). The van der Waals surface area contributed by atoms with E-state index in [0.29, 0.717) is 24.7 Å². The van der Waals surface area contributed by atoms with Crippen molar-refractivity contribution in [2.24, 2.45) is 5.92 Å². The van der Waals surface area contributed by atoms with Crippen LogP contribution in [0.15, 0.2) is 47.0 Å². The van der Waals surface area contributed by atoms with Crippen LogP contribution < -0.4 is 4.74 Å². The van der Waals surface area contributed by atoms with E-state index in [2.05, 4.69) is 10.1 Å². The monoisotopic (exact) mass is 475 g/mol. The highest BCUT2D eigenvalue weighted by atomic mass is 19.1. The third-order valence-electron chi connectivity index (χ3n) is 5.31. The first-order valence-corrected chi connectivity index (χ1v) is 10.5. The zero-order valence-electron chi connectivity index (χ0n) is 17.9. The number of rotatable bonds is 7. The zero-order valence-corrected chi connectivity index (χ0v) is 17.9. The molecule has 1 aliphatic heterocycles. The van der Waals surface area contributed by atoms with Gasteiger partial charge in [0.05, 0.1) is 11.5 Å². The molecule has 2 aromatic carbocycles. The van der Waals surface area contributed by atoms with Crippen LogP contribution in [0.2, 0.25) is 0 Å². The SMILES string of the molecule is O=C(OCc1nc(COc2ccc(F)cc2)no1)C1CCN(C(=O)c2ccc(F)cc2F)CC1. The van der Waals surface area contributed by atoms with Crippen molar-refractivity contribution in [1.82, 2.24) is 15.0 Å². The molecule has 3 aromatic rings. The molecule has 1 aromatic heterocycles. The molecule has 11 heteroatoms. The van der Waals surface area contributed by atoms with E-state index in [4.69, 9.17) is 14.0 Å². The molecule has 1 saturated heterocycles. The Hall–Kier alpha value is -3.89. The summed E-state index contributed by atoms with van der Waals surface area (Å²) in [5.41, 5.74) is -0.210. The Morgan fingerprint density at radius 3 is 2.41 bits per heavy atom. The number of hydrogen-bond donors (Lipinski definition) is 0. The summed E-state index contributed by atoms with van der Waals surface area (Å²) in [6.07, 6.45) is 0.683. The lowest BCUT2D eigenvalue weighted by molar-refractivity contribution is -0.152. The molecule has 178 valence electrons. The van der Waals surface area contributed by atoms with E-state index in [-0.39, 0.29) is 49.4 Å². The fourth-order valence-electron chi connectivity index (χ4n) is 3.49. The number of carbonyl (C=O) groups is 2. The number of ether oxygens (including phenoxy) is 2. The summed E-state index contributed by atoms with van der Waals surface area (Å²) in [6.45, 7) is 0.244. The molecular weight excluding hydrogens is 455 g/mol. The second kappa shape index (κ2) is 10.4. The van der Waals surface area contributed by atoms with Crippen LogP contribution in [0.1, 0.15) is 34.9 Å². The second-order valence-corrected chi connectivity index (χ2v) is 7.65. The number of halogens is 3. The minimum Gasteiger partial charge on any atom is -0.485 e. The molecule has 1 amide bonds. The van der Waals surface area contributed by atoms with E-state index >= 15 is 0 Å². The van der Waals surface area contributed by atoms with Gasteiger partial charge in [-0.1, -0.05) is 5.16 Å². The van der Waals surface area contributed by atoms with Crippen LogP contribution in [0.5, 0.6) is 5.75 Å². The van der Waals surface area contributed by atoms with Crippen molar-refractivity contribution in [2.45, 2.75) is 26.1 Å². The minimum absolute atomic E-state index is 0.00971. The van der Waals surface area contributed by atoms with Crippen molar-refractivity contribution in [2.75, 3.05) is 13.1 Å². The number of carbonyl (C=O) groups excluding carboxylic acids is 2. The maximum atomic E-state index is 13.9. The van der Waals surface area contributed by atoms with Crippen LogP contribution in [0.25, 0.3) is 0 Å². The molecule has 1 fully saturated rings. The van der Waals surface area contributed by atoms with Gasteiger partial charge in [-0.05, 0) is 49.2 Å². The molecule has 0 atom stereocenters. The quantitative estimate of drug-likeness (QED) is 0.482. The van der Waals surface area contributed by atoms with E-state index < -0.39 is 29.4 Å². The molecular formula is C23H20F3N3O5. The third-order valence-corrected chi connectivity index (χ3v) is 5.31. The molecule has 34 heavy (non-hydrogen) atoms. The van der Waals surface area contributed by atoms with E-state index in [0.717, 1.165) is 12.1 Å². The average Bonchev–Trinajstić information content (AvgIpc) is 3.30. The fraction of sp³-hybridized carbons (Fsp3) is 0.304. The van der Waals surface area contributed by atoms with Crippen LogP contribution in [0.3, 0.4) is 0 Å². The van der Waals surface area contributed by atoms with Gasteiger partial charge in [0.2, 0.25) is 5.82 Å². The highest BCUT2D eigenvalue weighted by molar-refractivity contribution is 5.94. The summed E-state index contributed by atoms with van der Waals surface area (Å²) in [6, 6.07) is 8.25. The Morgan fingerprint density at radius 2 is 1.71 bits per heavy atom. The van der Waals surface area contributed by atoms with Crippen LogP contribution >= 0.6 is 0 Å². The average molecular weight is 475 g/mol. The smallest absolute Gasteiger partial charge is 0.309 e. The summed E-state index contributed by atoms with van der Waals surface area (Å²) in [5, 5.41) is 3.74. The van der Waals surface area contributed by atoms with Crippen molar-refractivity contribution < 1.29 is 36.8 Å². The predicted octanol–water partition coefficient (Wildman–Crippen LogP) is 3.66. The highest BCUT2D eigenvalue weighted by Crippen LogP contribution is 2.22. The first-order valence-electron chi connectivity index (χ1n) is 10.5. The second-order valence-electron chi connectivity index (χ2n) is 7.65. The van der Waals surface area contributed by atoms with Crippen molar-refractivity contribution in [3.8, 4) is 5.75 Å². The number of likely N-dealkylation sites (tertiary alicyclic amines) is 1. The Bertz CT molecular complexity index is 1160. The molecule has 0 spiro atoms. The largest absolute Gasteiger partial charge is 0.485 e. The van der Waals surface area contributed by atoms with Gasteiger partial charge < -0.3 is 18.9 Å². The van der Waals surface area contributed by atoms with E-state index in [1.54, 1.807) is 0 Å². The van der Waals surface area contributed by atoms with E-state index in [1.165, 1.54) is 29.2 Å². The third kappa shape index (κ3) is 5.72. The van der Waals surface area contributed by atoms with Gasteiger partial charge in [0.15, 0.2) is 13.2 Å². The van der Waals surface area contributed by atoms with E-state index in [9.17, 15) is 22.8 Å². The van der Waals surface area contributed by atoms with Crippen molar-refractivity contribution in [3.05, 3.63) is 77.2 Å². The summed E-state index contributed by atoms with van der Waals surface area (Å²) in [7, 11) is 0. The number of amides is 1. The zero-order chi connectivity index (χ0) is 24.1. The normalized spacial score (nSPS) is 14.1. The van der Waals surface area contributed by atoms with Crippen LogP contribution in [0.4, 0.5) is 13.2 Å². The van der Waals surface area contributed by atoms with Gasteiger partial charge in [-0.3, -0.25) is 9.59 Å². The Kier molecular flexibility index (Phi) is 7.09. The number of hydrogen-bond acceptors (Lipinski definition) is 7. The molecule has 8 nitrogen and oxygen atoms in total. The first kappa shape index (κ1) is 23.3. The lowest BCUT2D eigenvalue weighted by Crippen LogP contribution is -2.41. The fourth-order valence-corrected chi connectivity index (χ4v) is 3.49. The molecule has 0 N–H and O–H groups in total. The maximum Gasteiger partial charge on any atom is 0.309 e. The highest BCUT2D eigenvalue weighted by Gasteiger charge is 2.30. The number of piperidine rings is 1. The maximum absolute atomic E-state index is 13.9. The van der Waals surface area contributed by atoms with Gasteiger partial charge in [-0.25, -0.2) is 13.2 Å². The Balaban J connectivity index is 1.21. The van der Waals surface area contributed by atoms with Crippen molar-refractivity contribution in [3.63, 3.8) is 0 Å². The van der Waals surface area contributed by atoms with Gasteiger partial charge in [0, 0.05) is 19.2 Å². The number of aromatic nitrogens is 2. The summed E-state index contributed by atoms with van der Waals surface area (Å²) < 4.78 is 55.5. The molecule has 2 heterocycles. The van der Waals surface area contributed by atoms with Gasteiger partial charge in [0.1, 0.15) is 23.2 Å². The number of esters is 1. The predicted molar refractivity (Wildman–Crippen MR) is 110 cm³/mol. The number of benzene rings is 2. The Labute approximate surface area is 192 Å². The first-order chi connectivity index (χ1) is 16.4. The summed E-state index contributed by atoms with van der Waals surface area (Å²) >= 11 is 0. The molecule has 0 saturated carbocycles. The minimum atomic E-state index is -0.923. The van der Waals surface area contributed by atoms with Crippen molar-refractivity contribution in [1.29, 1.82) is 0 Å². The van der Waals surface area contributed by atoms with Gasteiger partial charge in [-0.15, -0.1) is 0 Å². The lowest BCUT2D eigenvalue weighted by Gasteiger charge is -2.31. The van der Waals surface area contributed by atoms with Gasteiger partial charge >= 0.3 is 5.97 Å². The van der Waals surface area contributed by atoms with Gasteiger partial charge in [-0.2, -0.15) is 4.98 Å². The molecule has 1 aliphatic rings. The molecule has 0 aliphatic carbocycles. The van der Waals surface area contributed by atoms with E-state index in [1.807, 2.05) is 0 Å². The van der Waals surface area contributed by atoms with Crippen molar-refractivity contribution >= 4 is 11.9 Å². The van der Waals surface area contributed by atoms with Crippen LogP contribution in [-0.2, 0) is 22.7 Å². The molecule has 0 radical (unpaired) electrons. The standard InChI is InChI=1S/C23H20F3N3O5/c24-15-1-4-17(5-2-15)32-12-20-27-21(34-28-20)13-33-23(31)14-7-9-29(10-8-14)22(30)18-6-3-16(25)11-19(18)26/h1-6,11,14H,7-10,12-13H2. The Morgan fingerprint density at radius 1 is 1.00 bits per heavy atom. The topological polar surface area (TPSA) is 94.8 Å².